The van der Waals surface area contributed by atoms with Crippen molar-refractivity contribution in [3.8, 4) is 0 Å². The fourth-order valence-electron chi connectivity index (χ4n) is 1.76. The third-order valence-electron chi connectivity index (χ3n) is 3.15. The molecule has 1 aromatic carbocycles. The predicted octanol–water partition coefficient (Wildman–Crippen LogP) is 1.97. The highest BCUT2D eigenvalue weighted by atomic mass is 16.6. The Bertz CT molecular complexity index is 622. The number of rotatable bonds is 5. The van der Waals surface area contributed by atoms with Gasteiger partial charge in [0.1, 0.15) is 0 Å². The van der Waals surface area contributed by atoms with Crippen LogP contribution in [0, 0.1) is 10.1 Å². The first-order chi connectivity index (χ1) is 9.75. The summed E-state index contributed by atoms with van der Waals surface area (Å²) < 4.78 is 0. The number of para-hydroxylation sites is 1. The molecule has 0 unspecified atom stereocenters. The number of nitro groups is 1. The van der Waals surface area contributed by atoms with Gasteiger partial charge >= 0.3 is 5.97 Å². The van der Waals surface area contributed by atoms with Gasteiger partial charge in [-0.2, -0.15) is 0 Å². The summed E-state index contributed by atoms with van der Waals surface area (Å²) in [7, 11) is 1.47. The summed E-state index contributed by atoms with van der Waals surface area (Å²) in [5.41, 5.74) is 0.367. The molecule has 0 heterocycles. The number of amides is 1. The van der Waals surface area contributed by atoms with Crippen LogP contribution < -0.4 is 0 Å². The number of likely N-dealkylation sites (N-methyl/N-ethyl adjacent to an activating group) is 1. The molecule has 0 spiro atoms. The predicted molar refractivity (Wildman–Crippen MR) is 75.6 cm³/mol. The number of carboxylic acids is 1. The van der Waals surface area contributed by atoms with Crippen LogP contribution in [-0.2, 0) is 16.1 Å². The zero-order valence-corrected chi connectivity index (χ0v) is 12.0. The largest absolute Gasteiger partial charge is 0.478 e. The van der Waals surface area contributed by atoms with E-state index in [9.17, 15) is 19.7 Å². The molecule has 0 aliphatic rings. The van der Waals surface area contributed by atoms with Crippen molar-refractivity contribution in [1.29, 1.82) is 0 Å². The van der Waals surface area contributed by atoms with Crippen LogP contribution in [0.15, 0.2) is 35.4 Å². The molecular weight excluding hydrogens is 276 g/mol. The maximum absolute atomic E-state index is 12.1. The lowest BCUT2D eigenvalue weighted by Crippen LogP contribution is -2.28. The lowest BCUT2D eigenvalue weighted by molar-refractivity contribution is -0.385. The first kappa shape index (κ1) is 16.4. The van der Waals surface area contributed by atoms with Crippen molar-refractivity contribution in [2.45, 2.75) is 20.4 Å². The number of nitro benzene ring substituents is 1. The third-order valence-corrected chi connectivity index (χ3v) is 3.15. The average molecular weight is 292 g/mol. The van der Waals surface area contributed by atoms with Crippen LogP contribution in [0.2, 0.25) is 0 Å². The number of carbonyl (C=O) groups excluding carboxylic acids is 1. The van der Waals surface area contributed by atoms with Gasteiger partial charge in [-0.15, -0.1) is 0 Å². The summed E-state index contributed by atoms with van der Waals surface area (Å²) in [5, 5.41) is 19.8. The van der Waals surface area contributed by atoms with Gasteiger partial charge in [-0.3, -0.25) is 14.9 Å². The van der Waals surface area contributed by atoms with E-state index in [-0.39, 0.29) is 23.4 Å². The maximum Gasteiger partial charge on any atom is 0.331 e. The highest BCUT2D eigenvalue weighted by Gasteiger charge is 2.20. The fraction of sp³-hybridized carbons (Fsp3) is 0.286. The van der Waals surface area contributed by atoms with Crippen LogP contribution in [0.3, 0.4) is 0 Å². The van der Waals surface area contributed by atoms with Gasteiger partial charge in [0.25, 0.3) is 5.69 Å². The van der Waals surface area contributed by atoms with Gasteiger partial charge in [0.2, 0.25) is 5.91 Å². The van der Waals surface area contributed by atoms with Crippen molar-refractivity contribution in [2.24, 2.45) is 0 Å². The number of carboxylic acid groups (broad SMARTS) is 1. The zero-order chi connectivity index (χ0) is 16.2. The van der Waals surface area contributed by atoms with Gasteiger partial charge in [0.15, 0.2) is 0 Å². The smallest absolute Gasteiger partial charge is 0.331 e. The van der Waals surface area contributed by atoms with E-state index in [0.29, 0.717) is 5.56 Å². The Morgan fingerprint density at radius 1 is 1.24 bits per heavy atom. The molecule has 0 saturated carbocycles. The lowest BCUT2D eigenvalue weighted by Gasteiger charge is -2.18. The topological polar surface area (TPSA) is 101 Å². The molecule has 112 valence electrons. The van der Waals surface area contributed by atoms with Gasteiger partial charge in [-0.05, 0) is 13.8 Å². The molecule has 0 aromatic heterocycles. The van der Waals surface area contributed by atoms with E-state index < -0.39 is 16.8 Å². The number of hydrogen-bond acceptors (Lipinski definition) is 4. The van der Waals surface area contributed by atoms with Crippen molar-refractivity contribution in [2.75, 3.05) is 7.05 Å². The van der Waals surface area contributed by atoms with Crippen molar-refractivity contribution in [3.05, 3.63) is 51.1 Å². The Kier molecular flexibility index (Phi) is 5.18. The summed E-state index contributed by atoms with van der Waals surface area (Å²) in [6.45, 7) is 2.79. The molecule has 7 heteroatoms. The molecule has 0 saturated heterocycles. The Hall–Kier alpha value is -2.70. The number of hydrogen-bond donors (Lipinski definition) is 1. The first-order valence-corrected chi connectivity index (χ1v) is 6.14. The maximum atomic E-state index is 12.1. The van der Waals surface area contributed by atoms with E-state index in [1.807, 2.05) is 0 Å². The van der Waals surface area contributed by atoms with Gasteiger partial charge in [0, 0.05) is 29.8 Å². The molecule has 0 aliphatic heterocycles. The monoisotopic (exact) mass is 292 g/mol. The molecule has 1 rings (SSSR count). The van der Waals surface area contributed by atoms with Crippen LogP contribution in [0.5, 0.6) is 0 Å². The van der Waals surface area contributed by atoms with Crippen molar-refractivity contribution < 1.29 is 19.6 Å². The fourth-order valence-corrected chi connectivity index (χ4v) is 1.76. The molecular formula is C14H16N2O5. The number of benzene rings is 1. The summed E-state index contributed by atoms with van der Waals surface area (Å²) in [4.78, 5) is 34.6. The summed E-state index contributed by atoms with van der Waals surface area (Å²) >= 11 is 0. The Morgan fingerprint density at radius 3 is 2.33 bits per heavy atom. The quantitative estimate of drug-likeness (QED) is 0.508. The summed E-state index contributed by atoms with van der Waals surface area (Å²) in [6, 6.07) is 6.11. The van der Waals surface area contributed by atoms with Crippen molar-refractivity contribution in [3.63, 3.8) is 0 Å². The molecule has 1 N–H and O–H groups in total. The minimum absolute atomic E-state index is 0.0280. The molecule has 0 bridgehead atoms. The van der Waals surface area contributed by atoms with E-state index in [4.69, 9.17) is 5.11 Å². The van der Waals surface area contributed by atoms with Gasteiger partial charge in [-0.25, -0.2) is 4.79 Å². The van der Waals surface area contributed by atoms with Crippen LogP contribution in [0.25, 0.3) is 0 Å². The minimum atomic E-state index is -1.17. The molecule has 7 nitrogen and oxygen atoms in total. The SMILES string of the molecule is CC(C(=O)O)=C(C)C(=O)N(C)Cc1ccccc1[N+](=O)[O-]. The Labute approximate surface area is 121 Å². The number of aliphatic carboxylic acids is 1. The van der Waals surface area contributed by atoms with Gasteiger partial charge in [-0.1, -0.05) is 18.2 Å². The van der Waals surface area contributed by atoms with Crippen LogP contribution in [-0.4, -0.2) is 33.9 Å². The van der Waals surface area contributed by atoms with Crippen molar-refractivity contribution >= 4 is 17.6 Å². The lowest BCUT2D eigenvalue weighted by atomic mass is 10.1. The van der Waals surface area contributed by atoms with E-state index in [0.717, 1.165) is 0 Å². The van der Waals surface area contributed by atoms with Crippen molar-refractivity contribution in [1.82, 2.24) is 4.90 Å². The molecule has 0 aliphatic carbocycles. The Balaban J connectivity index is 3.00. The second-order valence-corrected chi connectivity index (χ2v) is 4.60. The first-order valence-electron chi connectivity index (χ1n) is 6.14. The molecule has 0 fully saturated rings. The second kappa shape index (κ2) is 6.65. The van der Waals surface area contributed by atoms with Gasteiger partial charge in [0.05, 0.1) is 11.5 Å². The van der Waals surface area contributed by atoms with E-state index in [2.05, 4.69) is 0 Å². The number of carbonyl (C=O) groups is 2. The van der Waals surface area contributed by atoms with Crippen LogP contribution in [0.1, 0.15) is 19.4 Å². The van der Waals surface area contributed by atoms with Gasteiger partial charge < -0.3 is 10.0 Å². The summed E-state index contributed by atoms with van der Waals surface area (Å²) in [6.07, 6.45) is 0. The summed E-state index contributed by atoms with van der Waals surface area (Å²) in [5.74, 6) is -1.65. The highest BCUT2D eigenvalue weighted by molar-refractivity contribution is 6.01. The van der Waals surface area contributed by atoms with Crippen LogP contribution >= 0.6 is 0 Å². The zero-order valence-electron chi connectivity index (χ0n) is 12.0. The van der Waals surface area contributed by atoms with E-state index in [1.54, 1.807) is 18.2 Å². The van der Waals surface area contributed by atoms with Crippen LogP contribution in [0.4, 0.5) is 5.69 Å². The van der Waals surface area contributed by atoms with E-state index in [1.165, 1.54) is 31.9 Å². The molecule has 1 amide bonds. The molecule has 0 atom stereocenters. The number of nitrogens with zero attached hydrogens (tertiary/aromatic N) is 2. The molecule has 0 radical (unpaired) electrons. The molecule has 21 heavy (non-hydrogen) atoms. The third kappa shape index (κ3) is 3.88. The van der Waals surface area contributed by atoms with E-state index >= 15 is 0 Å². The highest BCUT2D eigenvalue weighted by Crippen LogP contribution is 2.20. The Morgan fingerprint density at radius 2 is 1.81 bits per heavy atom. The average Bonchev–Trinajstić information content (AvgIpc) is 2.44. The molecule has 1 aromatic rings. The normalized spacial score (nSPS) is 11.6. The minimum Gasteiger partial charge on any atom is -0.478 e. The standard InChI is InChI=1S/C14H16N2O5/c1-9(10(2)14(18)19)13(17)15(3)8-11-6-4-5-7-12(11)16(20)21/h4-7H,8H2,1-3H3,(H,18,19). The second-order valence-electron chi connectivity index (χ2n) is 4.60.